The molecule has 22 heavy (non-hydrogen) atoms. The summed E-state index contributed by atoms with van der Waals surface area (Å²) in [5.41, 5.74) is 1.72. The van der Waals surface area contributed by atoms with Crippen LogP contribution in [0.1, 0.15) is 5.69 Å². The molecule has 0 radical (unpaired) electrons. The predicted molar refractivity (Wildman–Crippen MR) is 85.0 cm³/mol. The third kappa shape index (κ3) is 3.66. The van der Waals surface area contributed by atoms with Gasteiger partial charge in [-0.1, -0.05) is 28.1 Å². The Kier molecular flexibility index (Phi) is 4.74. The zero-order valence-corrected chi connectivity index (χ0v) is 13.9. The lowest BCUT2D eigenvalue weighted by atomic mass is 10.2. The standard InChI is InChI=1S/C15H12BrNO4S/c16-11-3-1-2-10(6-11)14-17-12(9-22-14)7-21-15(18)13-8-19-4-5-20-13/h1-3,6,8-9H,4-5,7H2. The van der Waals surface area contributed by atoms with Crippen LogP contribution in [-0.4, -0.2) is 24.2 Å². The maximum absolute atomic E-state index is 11.8. The molecule has 0 saturated carbocycles. The van der Waals surface area contributed by atoms with E-state index in [4.69, 9.17) is 14.2 Å². The molecule has 0 fully saturated rings. The quantitative estimate of drug-likeness (QED) is 0.758. The maximum Gasteiger partial charge on any atom is 0.377 e. The van der Waals surface area contributed by atoms with Crippen LogP contribution in [0.25, 0.3) is 10.6 Å². The molecule has 0 saturated heterocycles. The molecule has 1 aromatic heterocycles. The average molecular weight is 382 g/mol. The normalized spacial score (nSPS) is 13.8. The van der Waals surface area contributed by atoms with E-state index < -0.39 is 5.97 Å². The van der Waals surface area contributed by atoms with Crippen molar-refractivity contribution in [2.45, 2.75) is 6.61 Å². The number of thiazole rings is 1. The molecule has 0 amide bonds. The summed E-state index contributed by atoms with van der Waals surface area (Å²) < 4.78 is 16.3. The number of carbonyl (C=O) groups excluding carboxylic acids is 1. The van der Waals surface area contributed by atoms with Crippen molar-refractivity contribution in [3.05, 3.63) is 51.8 Å². The van der Waals surface area contributed by atoms with Crippen molar-refractivity contribution in [2.75, 3.05) is 13.2 Å². The molecule has 0 N–H and O–H groups in total. The Morgan fingerprint density at radius 2 is 2.32 bits per heavy atom. The number of rotatable bonds is 4. The molecular formula is C15H12BrNO4S. The fourth-order valence-electron chi connectivity index (χ4n) is 1.81. The second-order valence-corrected chi connectivity index (χ2v) is 6.21. The van der Waals surface area contributed by atoms with Crippen LogP contribution in [0.4, 0.5) is 0 Å². The van der Waals surface area contributed by atoms with E-state index in [2.05, 4.69) is 20.9 Å². The zero-order chi connectivity index (χ0) is 15.4. The first kappa shape index (κ1) is 15.1. The first-order chi connectivity index (χ1) is 10.7. The van der Waals surface area contributed by atoms with Gasteiger partial charge in [-0.25, -0.2) is 9.78 Å². The van der Waals surface area contributed by atoms with E-state index in [-0.39, 0.29) is 12.4 Å². The van der Waals surface area contributed by atoms with Gasteiger partial charge in [-0.15, -0.1) is 11.3 Å². The van der Waals surface area contributed by atoms with Crippen molar-refractivity contribution in [3.63, 3.8) is 0 Å². The molecule has 3 rings (SSSR count). The Morgan fingerprint density at radius 1 is 1.41 bits per heavy atom. The molecule has 0 atom stereocenters. The monoisotopic (exact) mass is 381 g/mol. The van der Waals surface area contributed by atoms with Gasteiger partial charge in [0.25, 0.3) is 0 Å². The summed E-state index contributed by atoms with van der Waals surface area (Å²) in [5.74, 6) is -0.453. The number of nitrogens with zero attached hydrogens (tertiary/aromatic N) is 1. The Hall–Kier alpha value is -1.86. The smallest absolute Gasteiger partial charge is 0.377 e. The first-order valence-electron chi connectivity index (χ1n) is 6.54. The van der Waals surface area contributed by atoms with Gasteiger partial charge in [-0.05, 0) is 12.1 Å². The van der Waals surface area contributed by atoms with Gasteiger partial charge in [-0.2, -0.15) is 0 Å². The molecule has 5 nitrogen and oxygen atoms in total. The Morgan fingerprint density at radius 3 is 3.09 bits per heavy atom. The largest absolute Gasteiger partial charge is 0.493 e. The number of esters is 1. The number of hydrogen-bond acceptors (Lipinski definition) is 6. The molecule has 0 unspecified atom stereocenters. The van der Waals surface area contributed by atoms with E-state index in [1.54, 1.807) is 0 Å². The highest BCUT2D eigenvalue weighted by Gasteiger charge is 2.17. The third-order valence-electron chi connectivity index (χ3n) is 2.82. The van der Waals surface area contributed by atoms with Crippen LogP contribution >= 0.6 is 27.3 Å². The van der Waals surface area contributed by atoms with Crippen LogP contribution in [0.5, 0.6) is 0 Å². The van der Waals surface area contributed by atoms with E-state index in [0.717, 1.165) is 15.0 Å². The molecule has 0 bridgehead atoms. The number of ether oxygens (including phenoxy) is 3. The van der Waals surface area contributed by atoms with E-state index in [1.165, 1.54) is 17.6 Å². The molecule has 2 heterocycles. The lowest BCUT2D eigenvalue weighted by molar-refractivity contribution is -0.146. The highest BCUT2D eigenvalue weighted by Crippen LogP contribution is 2.26. The molecule has 0 spiro atoms. The SMILES string of the molecule is O=C(OCc1csc(-c2cccc(Br)c2)n1)C1=COCCO1. The molecule has 1 aliphatic rings. The van der Waals surface area contributed by atoms with Gasteiger partial charge < -0.3 is 14.2 Å². The van der Waals surface area contributed by atoms with Gasteiger partial charge in [0.15, 0.2) is 0 Å². The summed E-state index contributed by atoms with van der Waals surface area (Å²) >= 11 is 4.94. The van der Waals surface area contributed by atoms with Crippen molar-refractivity contribution in [1.82, 2.24) is 4.98 Å². The number of benzene rings is 1. The molecule has 114 valence electrons. The van der Waals surface area contributed by atoms with Crippen LogP contribution in [-0.2, 0) is 25.6 Å². The van der Waals surface area contributed by atoms with Crippen molar-refractivity contribution in [2.24, 2.45) is 0 Å². The van der Waals surface area contributed by atoms with Gasteiger partial charge in [-0.3, -0.25) is 0 Å². The number of carbonyl (C=O) groups is 1. The summed E-state index contributed by atoms with van der Waals surface area (Å²) in [5, 5.41) is 2.75. The second kappa shape index (κ2) is 6.93. The Balaban J connectivity index is 1.62. The van der Waals surface area contributed by atoms with Crippen LogP contribution in [0.2, 0.25) is 0 Å². The maximum atomic E-state index is 11.8. The van der Waals surface area contributed by atoms with Gasteiger partial charge >= 0.3 is 5.97 Å². The van der Waals surface area contributed by atoms with Crippen LogP contribution < -0.4 is 0 Å². The third-order valence-corrected chi connectivity index (χ3v) is 4.26. The molecule has 1 aliphatic heterocycles. The summed E-state index contributed by atoms with van der Waals surface area (Å²) in [4.78, 5) is 16.2. The van der Waals surface area contributed by atoms with Crippen molar-refractivity contribution < 1.29 is 19.0 Å². The molecule has 7 heteroatoms. The Bertz CT molecular complexity index is 713. The van der Waals surface area contributed by atoms with E-state index in [0.29, 0.717) is 18.9 Å². The molecule has 2 aromatic rings. The minimum Gasteiger partial charge on any atom is -0.493 e. The van der Waals surface area contributed by atoms with Crippen molar-refractivity contribution in [1.29, 1.82) is 0 Å². The van der Waals surface area contributed by atoms with E-state index in [9.17, 15) is 4.79 Å². The fourth-order valence-corrected chi connectivity index (χ4v) is 3.01. The zero-order valence-electron chi connectivity index (χ0n) is 11.5. The van der Waals surface area contributed by atoms with Crippen molar-refractivity contribution >= 4 is 33.2 Å². The van der Waals surface area contributed by atoms with Gasteiger partial charge in [0.05, 0.1) is 5.69 Å². The second-order valence-electron chi connectivity index (χ2n) is 4.43. The first-order valence-corrected chi connectivity index (χ1v) is 8.22. The van der Waals surface area contributed by atoms with E-state index in [1.807, 2.05) is 29.6 Å². The van der Waals surface area contributed by atoms with Gasteiger partial charge in [0, 0.05) is 15.4 Å². The number of aromatic nitrogens is 1. The van der Waals surface area contributed by atoms with Gasteiger partial charge in [0.2, 0.25) is 5.76 Å². The highest BCUT2D eigenvalue weighted by atomic mass is 79.9. The summed E-state index contributed by atoms with van der Waals surface area (Å²) in [7, 11) is 0. The van der Waals surface area contributed by atoms with Gasteiger partial charge in [0.1, 0.15) is 31.1 Å². The van der Waals surface area contributed by atoms with Crippen molar-refractivity contribution in [3.8, 4) is 10.6 Å². The summed E-state index contributed by atoms with van der Waals surface area (Å²) in [6.45, 7) is 0.896. The van der Waals surface area contributed by atoms with E-state index >= 15 is 0 Å². The lowest BCUT2D eigenvalue weighted by Crippen LogP contribution is -2.17. The minimum atomic E-state index is -0.545. The average Bonchev–Trinajstić information content (AvgIpc) is 3.02. The lowest BCUT2D eigenvalue weighted by Gasteiger charge is -2.13. The molecule has 1 aromatic carbocycles. The Labute approximate surface area is 139 Å². The predicted octanol–water partition coefficient (Wildman–Crippen LogP) is 3.50. The summed E-state index contributed by atoms with van der Waals surface area (Å²) in [6.07, 6.45) is 1.28. The molecular weight excluding hydrogens is 370 g/mol. The number of halogens is 1. The van der Waals surface area contributed by atoms with Crippen LogP contribution in [0.3, 0.4) is 0 Å². The topological polar surface area (TPSA) is 57.7 Å². The highest BCUT2D eigenvalue weighted by molar-refractivity contribution is 9.10. The molecule has 0 aliphatic carbocycles. The van der Waals surface area contributed by atoms with Crippen LogP contribution in [0.15, 0.2) is 46.1 Å². The fraction of sp³-hybridized carbons (Fsp3) is 0.200. The number of hydrogen-bond donors (Lipinski definition) is 0. The minimum absolute atomic E-state index is 0.0914. The van der Waals surface area contributed by atoms with Crippen LogP contribution in [0, 0.1) is 0 Å². The summed E-state index contributed by atoms with van der Waals surface area (Å²) in [6, 6.07) is 7.89.